The molecule has 2 aromatic carbocycles. The van der Waals surface area contributed by atoms with Crippen molar-refractivity contribution in [3.63, 3.8) is 0 Å². The number of nitrogens with one attached hydrogen (secondary N) is 1. The van der Waals surface area contributed by atoms with Gasteiger partial charge < -0.3 is 10.2 Å². The number of hydrogen-bond donors (Lipinski definition) is 1. The van der Waals surface area contributed by atoms with E-state index in [9.17, 15) is 13.6 Å². The molecule has 2 aliphatic rings. The van der Waals surface area contributed by atoms with Gasteiger partial charge in [-0.3, -0.25) is 4.79 Å². The summed E-state index contributed by atoms with van der Waals surface area (Å²) in [6.07, 6.45) is 4.01. The van der Waals surface area contributed by atoms with Crippen molar-refractivity contribution in [2.24, 2.45) is 0 Å². The molecule has 1 amide bonds. The Morgan fingerprint density at radius 3 is 2.45 bits per heavy atom. The number of carbonyl (C=O) groups is 1. The molecule has 2 heterocycles. The fraction of sp³-hybridized carbons (Fsp3) is 0.320. The summed E-state index contributed by atoms with van der Waals surface area (Å²) >= 11 is 0. The Kier molecular flexibility index (Phi) is 5.55. The van der Waals surface area contributed by atoms with Crippen molar-refractivity contribution in [2.75, 3.05) is 18.0 Å². The van der Waals surface area contributed by atoms with Gasteiger partial charge in [-0.05, 0) is 68.5 Å². The number of fused-ring (bicyclic) bond motifs is 1. The summed E-state index contributed by atoms with van der Waals surface area (Å²) in [5.74, 6) is -2.06. The van der Waals surface area contributed by atoms with E-state index < -0.39 is 11.6 Å². The second kappa shape index (κ2) is 8.66. The number of aromatic nitrogens is 2. The largest absolute Gasteiger partial charge is 0.371 e. The lowest BCUT2D eigenvalue weighted by atomic mass is 10.0. The summed E-state index contributed by atoms with van der Waals surface area (Å²) in [6.45, 7) is 1.61. The number of anilines is 1. The predicted molar refractivity (Wildman–Crippen MR) is 119 cm³/mol. The van der Waals surface area contributed by atoms with Crippen LogP contribution in [-0.4, -0.2) is 34.8 Å². The van der Waals surface area contributed by atoms with Crippen LogP contribution in [0.4, 0.5) is 14.5 Å². The molecule has 1 aliphatic carbocycles. The normalized spacial score (nSPS) is 15.8. The Hall–Kier alpha value is -3.73. The molecule has 1 aromatic heterocycles. The number of carbonyl (C=O) groups excluding carboxylic acids is 1. The summed E-state index contributed by atoms with van der Waals surface area (Å²) in [5, 5.41) is 16.6. The summed E-state index contributed by atoms with van der Waals surface area (Å²) in [4.78, 5) is 15.3. The van der Waals surface area contributed by atoms with E-state index in [1.807, 2.05) is 24.3 Å². The van der Waals surface area contributed by atoms with E-state index >= 15 is 0 Å². The maximum absolute atomic E-state index is 13.8. The average molecular weight is 447 g/mol. The van der Waals surface area contributed by atoms with Crippen LogP contribution < -0.4 is 10.2 Å². The SMILES string of the molecule is N#Cc1ccc(N2CCC(NC(=O)c3nn(-c4ccc(F)c(F)c4)c4c3CCC4)CC2)cc1. The molecule has 0 spiro atoms. The molecule has 1 N–H and O–H groups in total. The van der Waals surface area contributed by atoms with Crippen molar-refractivity contribution in [3.8, 4) is 11.8 Å². The van der Waals surface area contributed by atoms with Crippen LogP contribution in [0.2, 0.25) is 0 Å². The van der Waals surface area contributed by atoms with E-state index in [0.29, 0.717) is 16.9 Å². The molecule has 1 aliphatic heterocycles. The van der Waals surface area contributed by atoms with Crippen molar-refractivity contribution in [3.05, 3.63) is 76.6 Å². The lowest BCUT2D eigenvalue weighted by Crippen LogP contribution is -2.45. The molecule has 0 bridgehead atoms. The smallest absolute Gasteiger partial charge is 0.272 e. The zero-order valence-electron chi connectivity index (χ0n) is 18.0. The van der Waals surface area contributed by atoms with E-state index in [0.717, 1.165) is 74.3 Å². The van der Waals surface area contributed by atoms with Crippen LogP contribution in [0.1, 0.15) is 46.6 Å². The van der Waals surface area contributed by atoms with Gasteiger partial charge in [0.25, 0.3) is 5.91 Å². The van der Waals surface area contributed by atoms with E-state index in [1.54, 1.807) is 4.68 Å². The zero-order chi connectivity index (χ0) is 22.9. The first-order valence-electron chi connectivity index (χ1n) is 11.2. The molecule has 168 valence electrons. The molecule has 5 rings (SSSR count). The lowest BCUT2D eigenvalue weighted by molar-refractivity contribution is 0.0924. The van der Waals surface area contributed by atoms with Crippen LogP contribution >= 0.6 is 0 Å². The lowest BCUT2D eigenvalue weighted by Gasteiger charge is -2.34. The van der Waals surface area contributed by atoms with Crippen LogP contribution in [0.15, 0.2) is 42.5 Å². The van der Waals surface area contributed by atoms with Crippen LogP contribution in [0, 0.1) is 23.0 Å². The zero-order valence-corrected chi connectivity index (χ0v) is 18.0. The molecule has 0 radical (unpaired) electrons. The second-order valence-electron chi connectivity index (χ2n) is 8.53. The van der Waals surface area contributed by atoms with Gasteiger partial charge in [0.1, 0.15) is 0 Å². The number of halogens is 2. The van der Waals surface area contributed by atoms with Crippen LogP contribution in [-0.2, 0) is 12.8 Å². The van der Waals surface area contributed by atoms with Crippen molar-refractivity contribution in [2.45, 2.75) is 38.1 Å². The van der Waals surface area contributed by atoms with Gasteiger partial charge in [-0.25, -0.2) is 13.5 Å². The Labute approximate surface area is 190 Å². The van der Waals surface area contributed by atoms with Gasteiger partial charge in [-0.1, -0.05) is 0 Å². The molecule has 3 aromatic rings. The molecule has 1 fully saturated rings. The Morgan fingerprint density at radius 2 is 1.76 bits per heavy atom. The number of piperidine rings is 1. The minimum Gasteiger partial charge on any atom is -0.371 e. The maximum Gasteiger partial charge on any atom is 0.272 e. The van der Waals surface area contributed by atoms with Gasteiger partial charge in [0.05, 0.1) is 17.3 Å². The number of nitriles is 1. The van der Waals surface area contributed by atoms with Gasteiger partial charge in [0, 0.05) is 42.1 Å². The molecule has 0 saturated carbocycles. The van der Waals surface area contributed by atoms with Crippen LogP contribution in [0.5, 0.6) is 0 Å². The highest BCUT2D eigenvalue weighted by atomic mass is 19.2. The summed E-state index contributed by atoms with van der Waals surface area (Å²) in [7, 11) is 0. The van der Waals surface area contributed by atoms with Gasteiger partial charge in [0.2, 0.25) is 0 Å². The fourth-order valence-electron chi connectivity index (χ4n) is 4.73. The second-order valence-corrected chi connectivity index (χ2v) is 8.53. The monoisotopic (exact) mass is 447 g/mol. The maximum atomic E-state index is 13.8. The molecule has 8 heteroatoms. The van der Waals surface area contributed by atoms with Crippen LogP contribution in [0.25, 0.3) is 5.69 Å². The number of benzene rings is 2. The van der Waals surface area contributed by atoms with Gasteiger partial charge in [0.15, 0.2) is 17.3 Å². The summed E-state index contributed by atoms with van der Waals surface area (Å²) in [5.41, 5.74) is 4.29. The standard InChI is InChI=1S/C25H23F2N5O/c26-21-9-8-19(14-22(21)27)32-23-3-1-2-20(23)24(30-32)25(33)29-17-10-12-31(13-11-17)18-6-4-16(15-28)5-7-18/h4-9,14,17H,1-3,10-13H2,(H,29,33). The van der Waals surface area contributed by atoms with Gasteiger partial charge >= 0.3 is 0 Å². The van der Waals surface area contributed by atoms with Crippen molar-refractivity contribution >= 4 is 11.6 Å². The minimum atomic E-state index is -0.935. The molecule has 1 saturated heterocycles. The first kappa shape index (κ1) is 21.1. The van der Waals surface area contributed by atoms with E-state index in [1.165, 1.54) is 6.07 Å². The van der Waals surface area contributed by atoms with Crippen molar-refractivity contribution in [1.29, 1.82) is 5.26 Å². The van der Waals surface area contributed by atoms with E-state index in [-0.39, 0.29) is 11.9 Å². The molecule has 0 unspecified atom stereocenters. The number of amides is 1. The summed E-state index contributed by atoms with van der Waals surface area (Å²) in [6, 6.07) is 13.4. The molecular weight excluding hydrogens is 424 g/mol. The van der Waals surface area contributed by atoms with Crippen molar-refractivity contribution < 1.29 is 13.6 Å². The third kappa shape index (κ3) is 4.07. The Morgan fingerprint density at radius 1 is 1.03 bits per heavy atom. The first-order chi connectivity index (χ1) is 16.0. The van der Waals surface area contributed by atoms with Gasteiger partial charge in [-0.2, -0.15) is 10.4 Å². The highest BCUT2D eigenvalue weighted by molar-refractivity contribution is 5.94. The van der Waals surface area contributed by atoms with Crippen molar-refractivity contribution in [1.82, 2.24) is 15.1 Å². The first-order valence-corrected chi connectivity index (χ1v) is 11.2. The summed E-state index contributed by atoms with van der Waals surface area (Å²) < 4.78 is 28.7. The molecule has 33 heavy (non-hydrogen) atoms. The topological polar surface area (TPSA) is 74.0 Å². The van der Waals surface area contributed by atoms with E-state index in [2.05, 4.69) is 21.4 Å². The molecule has 0 atom stereocenters. The van der Waals surface area contributed by atoms with Gasteiger partial charge in [-0.15, -0.1) is 0 Å². The fourth-order valence-corrected chi connectivity index (χ4v) is 4.73. The number of nitrogens with zero attached hydrogens (tertiary/aromatic N) is 4. The molecular formula is C25H23F2N5O. The quantitative estimate of drug-likeness (QED) is 0.658. The highest BCUT2D eigenvalue weighted by Crippen LogP contribution is 2.29. The Bertz CT molecular complexity index is 1240. The predicted octanol–water partition coefficient (Wildman–Crippen LogP) is 3.91. The minimum absolute atomic E-state index is 0.0394. The van der Waals surface area contributed by atoms with Crippen LogP contribution in [0.3, 0.4) is 0 Å². The molecule has 6 nitrogen and oxygen atoms in total. The van der Waals surface area contributed by atoms with E-state index in [4.69, 9.17) is 5.26 Å². The number of rotatable bonds is 4. The Balaban J connectivity index is 1.28. The average Bonchev–Trinajstić information content (AvgIpc) is 3.45. The third-order valence-corrected chi connectivity index (χ3v) is 6.48. The number of hydrogen-bond acceptors (Lipinski definition) is 4. The third-order valence-electron chi connectivity index (χ3n) is 6.48. The highest BCUT2D eigenvalue weighted by Gasteiger charge is 2.29.